The topological polar surface area (TPSA) is 92.1 Å². The number of hydrogen-bond donors (Lipinski definition) is 1. The van der Waals surface area contributed by atoms with Crippen molar-refractivity contribution in [1.82, 2.24) is 9.99 Å². The van der Waals surface area contributed by atoms with Gasteiger partial charge in [-0.25, -0.2) is 4.79 Å². The largest absolute Gasteiger partial charge is 0.461 e. The maximum absolute atomic E-state index is 12.3. The van der Waals surface area contributed by atoms with Gasteiger partial charge in [0.25, 0.3) is 5.91 Å². The molecule has 1 aromatic rings. The van der Waals surface area contributed by atoms with Crippen LogP contribution in [0, 0.1) is 0 Å². The van der Waals surface area contributed by atoms with Gasteiger partial charge in [-0.1, -0.05) is 0 Å². The van der Waals surface area contributed by atoms with E-state index in [-0.39, 0.29) is 24.3 Å². The van der Waals surface area contributed by atoms with Crippen LogP contribution >= 0.6 is 0 Å². The summed E-state index contributed by atoms with van der Waals surface area (Å²) in [5.41, 5.74) is -1.26. The minimum absolute atomic E-state index is 0.0223. The summed E-state index contributed by atoms with van der Waals surface area (Å²) in [7, 11) is 0. The van der Waals surface area contributed by atoms with E-state index in [1.807, 2.05) is 0 Å². The van der Waals surface area contributed by atoms with Gasteiger partial charge in [0.1, 0.15) is 0 Å². The molecule has 2 heterocycles. The van der Waals surface area contributed by atoms with Gasteiger partial charge < -0.3 is 9.84 Å². The molecule has 1 aromatic heterocycles. The van der Waals surface area contributed by atoms with Gasteiger partial charge in [-0.05, 0) is 26.0 Å². The van der Waals surface area contributed by atoms with E-state index in [1.54, 1.807) is 19.1 Å². The number of amides is 1. The third-order valence-corrected chi connectivity index (χ3v) is 2.79. The zero-order chi connectivity index (χ0) is 14.8. The molecule has 1 unspecified atom stereocenters. The first-order valence-corrected chi connectivity index (χ1v) is 6.17. The van der Waals surface area contributed by atoms with Gasteiger partial charge in [-0.3, -0.25) is 9.78 Å². The average molecular weight is 277 g/mol. The molecule has 0 bridgehead atoms. The second-order valence-corrected chi connectivity index (χ2v) is 4.52. The monoisotopic (exact) mass is 277 g/mol. The summed E-state index contributed by atoms with van der Waals surface area (Å²) >= 11 is 0. The van der Waals surface area contributed by atoms with E-state index >= 15 is 0 Å². The Labute approximate surface area is 115 Å². The van der Waals surface area contributed by atoms with Gasteiger partial charge in [-0.15, -0.1) is 0 Å². The molecule has 0 aromatic carbocycles. The summed E-state index contributed by atoms with van der Waals surface area (Å²) in [5.74, 6) is -1.16. The molecule has 1 aliphatic rings. The Hall–Kier alpha value is -2.28. The quantitative estimate of drug-likeness (QED) is 0.815. The van der Waals surface area contributed by atoms with Gasteiger partial charge in [0.05, 0.1) is 12.2 Å². The first-order valence-electron chi connectivity index (χ1n) is 6.17. The molecule has 1 amide bonds. The number of esters is 1. The first-order chi connectivity index (χ1) is 9.45. The number of carbonyl (C=O) groups excluding carboxylic acids is 2. The van der Waals surface area contributed by atoms with Gasteiger partial charge in [0.15, 0.2) is 11.4 Å². The van der Waals surface area contributed by atoms with Crippen LogP contribution in [0.5, 0.6) is 0 Å². The van der Waals surface area contributed by atoms with E-state index in [1.165, 1.54) is 19.3 Å². The lowest BCUT2D eigenvalue weighted by Crippen LogP contribution is -2.43. The first kappa shape index (κ1) is 14.1. The van der Waals surface area contributed by atoms with Gasteiger partial charge in [-0.2, -0.15) is 10.1 Å². The molecule has 106 valence electrons. The third-order valence-electron chi connectivity index (χ3n) is 2.79. The fourth-order valence-corrected chi connectivity index (χ4v) is 1.86. The van der Waals surface area contributed by atoms with E-state index in [0.717, 1.165) is 5.01 Å². The van der Waals surface area contributed by atoms with E-state index in [2.05, 4.69) is 10.1 Å². The van der Waals surface area contributed by atoms with Crippen molar-refractivity contribution in [2.75, 3.05) is 6.61 Å². The summed E-state index contributed by atoms with van der Waals surface area (Å²) in [5, 5.41) is 15.0. The molecule has 0 aliphatic carbocycles. The second-order valence-electron chi connectivity index (χ2n) is 4.52. The highest BCUT2D eigenvalue weighted by Crippen LogP contribution is 2.26. The molecule has 0 saturated carbocycles. The van der Waals surface area contributed by atoms with Crippen molar-refractivity contribution in [2.24, 2.45) is 5.10 Å². The molecule has 0 saturated heterocycles. The van der Waals surface area contributed by atoms with E-state index in [9.17, 15) is 14.7 Å². The van der Waals surface area contributed by atoms with Gasteiger partial charge >= 0.3 is 5.97 Å². The van der Waals surface area contributed by atoms with Crippen molar-refractivity contribution in [3.63, 3.8) is 0 Å². The Morgan fingerprint density at radius 3 is 2.90 bits per heavy atom. The fourth-order valence-electron chi connectivity index (χ4n) is 1.86. The lowest BCUT2D eigenvalue weighted by molar-refractivity contribution is -0.135. The van der Waals surface area contributed by atoms with Crippen LogP contribution in [0.1, 0.15) is 30.6 Å². The molecule has 0 fully saturated rings. The van der Waals surface area contributed by atoms with Gasteiger partial charge in [0, 0.05) is 18.8 Å². The lowest BCUT2D eigenvalue weighted by atomic mass is 10.1. The molecule has 1 aliphatic heterocycles. The predicted molar refractivity (Wildman–Crippen MR) is 69.7 cm³/mol. The number of aliphatic hydroxyl groups is 1. The number of ether oxygens (including phenoxy) is 1. The Morgan fingerprint density at radius 2 is 2.30 bits per heavy atom. The second kappa shape index (κ2) is 5.38. The molecule has 1 N–H and O–H groups in total. The summed E-state index contributed by atoms with van der Waals surface area (Å²) in [6.45, 7) is 3.29. The number of rotatable bonds is 3. The zero-order valence-electron chi connectivity index (χ0n) is 11.2. The van der Waals surface area contributed by atoms with Crippen molar-refractivity contribution in [1.29, 1.82) is 0 Å². The van der Waals surface area contributed by atoms with Crippen LogP contribution < -0.4 is 0 Å². The average Bonchev–Trinajstić information content (AvgIpc) is 2.75. The van der Waals surface area contributed by atoms with Crippen molar-refractivity contribution >= 4 is 17.6 Å². The van der Waals surface area contributed by atoms with Gasteiger partial charge in [0.2, 0.25) is 0 Å². The van der Waals surface area contributed by atoms with Crippen LogP contribution in [0.2, 0.25) is 0 Å². The minimum Gasteiger partial charge on any atom is -0.461 e. The third kappa shape index (κ3) is 2.67. The van der Waals surface area contributed by atoms with Crippen LogP contribution in [-0.4, -0.2) is 45.0 Å². The van der Waals surface area contributed by atoms with Crippen LogP contribution in [0.4, 0.5) is 0 Å². The number of carbonyl (C=O) groups is 2. The molecule has 20 heavy (non-hydrogen) atoms. The van der Waals surface area contributed by atoms with E-state index in [0.29, 0.717) is 0 Å². The molecule has 0 spiro atoms. The standard InChI is InChI=1S/C13H15N3O4/c1-3-20-12(18)10-7-13(2,19)16(15-10)11(17)9-5-4-6-14-8-9/h4-6,8,19H,3,7H2,1-2H3. The number of nitrogens with zero attached hydrogens (tertiary/aromatic N) is 3. The highest BCUT2D eigenvalue weighted by atomic mass is 16.5. The smallest absolute Gasteiger partial charge is 0.354 e. The van der Waals surface area contributed by atoms with Crippen LogP contribution in [0.3, 0.4) is 0 Å². The Kier molecular flexibility index (Phi) is 3.80. The Balaban J connectivity index is 2.26. The maximum atomic E-state index is 12.3. The minimum atomic E-state index is -1.56. The zero-order valence-corrected chi connectivity index (χ0v) is 11.2. The van der Waals surface area contributed by atoms with Crippen LogP contribution in [0.15, 0.2) is 29.6 Å². The number of hydrazone groups is 1. The predicted octanol–water partition coefficient (Wildman–Crippen LogP) is 0.555. The molecule has 0 radical (unpaired) electrons. The Morgan fingerprint density at radius 1 is 1.55 bits per heavy atom. The van der Waals surface area contributed by atoms with Crippen molar-refractivity contribution in [2.45, 2.75) is 26.0 Å². The van der Waals surface area contributed by atoms with E-state index in [4.69, 9.17) is 4.74 Å². The lowest BCUT2D eigenvalue weighted by Gasteiger charge is -2.26. The molecular formula is C13H15N3O4. The van der Waals surface area contributed by atoms with Crippen LogP contribution in [0.25, 0.3) is 0 Å². The summed E-state index contributed by atoms with van der Waals surface area (Å²) in [4.78, 5) is 27.7. The summed E-state index contributed by atoms with van der Waals surface area (Å²) < 4.78 is 4.82. The molecule has 2 rings (SSSR count). The number of aromatic nitrogens is 1. The molecule has 1 atom stereocenters. The Bertz CT molecular complexity index is 554. The van der Waals surface area contributed by atoms with Crippen molar-refractivity contribution in [3.8, 4) is 0 Å². The SMILES string of the molecule is CCOC(=O)C1=NN(C(=O)c2cccnc2)C(C)(O)C1. The molecule has 7 nitrogen and oxygen atoms in total. The fraction of sp³-hybridized carbons (Fsp3) is 0.385. The van der Waals surface area contributed by atoms with Crippen molar-refractivity contribution < 1.29 is 19.4 Å². The van der Waals surface area contributed by atoms with Crippen LogP contribution in [-0.2, 0) is 9.53 Å². The summed E-state index contributed by atoms with van der Waals surface area (Å²) in [6.07, 6.45) is 2.83. The van der Waals surface area contributed by atoms with E-state index < -0.39 is 17.6 Å². The maximum Gasteiger partial charge on any atom is 0.354 e. The molecular weight excluding hydrogens is 262 g/mol. The number of pyridine rings is 1. The molecule has 7 heteroatoms. The van der Waals surface area contributed by atoms with Crippen molar-refractivity contribution in [3.05, 3.63) is 30.1 Å². The summed E-state index contributed by atoms with van der Waals surface area (Å²) in [6, 6.07) is 3.16. The number of hydrogen-bond acceptors (Lipinski definition) is 6. The highest BCUT2D eigenvalue weighted by Gasteiger charge is 2.43. The highest BCUT2D eigenvalue weighted by molar-refractivity contribution is 6.37. The normalized spacial score (nSPS) is 21.6.